The van der Waals surface area contributed by atoms with Crippen LogP contribution in [0.1, 0.15) is 23.7 Å². The molecule has 0 bridgehead atoms. The number of piperidine rings is 1. The number of carbonyl (C=O) groups is 2. The van der Waals surface area contributed by atoms with Crippen LogP contribution in [0.25, 0.3) is 0 Å². The van der Waals surface area contributed by atoms with Gasteiger partial charge in [0.1, 0.15) is 11.4 Å². The van der Waals surface area contributed by atoms with Crippen molar-refractivity contribution < 1.29 is 24.2 Å². The van der Waals surface area contributed by atoms with Gasteiger partial charge in [0.15, 0.2) is 0 Å². The standard InChI is InChI=1S/C17H25ClN4O5/c1-9(17(24)25)7-22-5-4-12(13(8-22)26-2)20-15(23)10-6-11(18)14(19)21-16(10)27-3/h6,9,12-13H,4-5,7-8H2,1-3H3,(H2,19,21)(H,20,23)(H,24,25). The molecule has 0 spiro atoms. The van der Waals surface area contributed by atoms with Gasteiger partial charge in [0, 0.05) is 26.7 Å². The number of likely N-dealkylation sites (tertiary alicyclic amines) is 1. The molecule has 9 nitrogen and oxygen atoms in total. The number of hydrogen-bond acceptors (Lipinski definition) is 7. The fourth-order valence-electron chi connectivity index (χ4n) is 3.07. The molecule has 2 rings (SSSR count). The lowest BCUT2D eigenvalue weighted by molar-refractivity contribution is -0.142. The Hall–Kier alpha value is -2.10. The lowest BCUT2D eigenvalue weighted by Gasteiger charge is -2.38. The predicted octanol–water partition coefficient (Wildman–Crippen LogP) is 0.866. The molecule has 1 aromatic rings. The second-order valence-electron chi connectivity index (χ2n) is 6.55. The van der Waals surface area contributed by atoms with E-state index in [-0.39, 0.29) is 40.3 Å². The van der Waals surface area contributed by atoms with Crippen molar-refractivity contribution in [2.24, 2.45) is 5.92 Å². The molecule has 3 atom stereocenters. The van der Waals surface area contributed by atoms with E-state index in [9.17, 15) is 9.59 Å². The number of nitrogen functional groups attached to an aromatic ring is 1. The zero-order valence-corrected chi connectivity index (χ0v) is 16.3. The third-order valence-electron chi connectivity index (χ3n) is 4.62. The molecule has 150 valence electrons. The molecule has 1 fully saturated rings. The first-order chi connectivity index (χ1) is 12.8. The normalized spacial score (nSPS) is 21.5. The number of carboxylic acids is 1. The zero-order chi connectivity index (χ0) is 20.1. The number of aromatic nitrogens is 1. The maximum atomic E-state index is 12.7. The molecule has 1 aromatic heterocycles. The van der Waals surface area contributed by atoms with Crippen LogP contribution in [0.5, 0.6) is 5.88 Å². The molecule has 27 heavy (non-hydrogen) atoms. The number of halogens is 1. The van der Waals surface area contributed by atoms with E-state index in [1.165, 1.54) is 13.2 Å². The molecule has 1 aliphatic rings. The Kier molecular flexibility index (Phi) is 7.23. The SMILES string of the molecule is COc1nc(N)c(Cl)cc1C(=O)NC1CCN(CC(C)C(=O)O)CC1OC. The van der Waals surface area contributed by atoms with Gasteiger partial charge in [-0.3, -0.25) is 14.5 Å². The highest BCUT2D eigenvalue weighted by Gasteiger charge is 2.32. The summed E-state index contributed by atoms with van der Waals surface area (Å²) >= 11 is 5.98. The Balaban J connectivity index is 2.06. The van der Waals surface area contributed by atoms with Crippen molar-refractivity contribution in [2.45, 2.75) is 25.5 Å². The van der Waals surface area contributed by atoms with E-state index < -0.39 is 11.9 Å². The highest BCUT2D eigenvalue weighted by atomic mass is 35.5. The van der Waals surface area contributed by atoms with Crippen molar-refractivity contribution in [3.8, 4) is 5.88 Å². The number of anilines is 1. The number of aliphatic carboxylic acids is 1. The first kappa shape index (κ1) is 21.2. The van der Waals surface area contributed by atoms with Crippen LogP contribution in [0.4, 0.5) is 5.82 Å². The third kappa shape index (κ3) is 5.21. The number of pyridine rings is 1. The van der Waals surface area contributed by atoms with Gasteiger partial charge in [0.2, 0.25) is 5.88 Å². The van der Waals surface area contributed by atoms with Crippen molar-refractivity contribution in [1.29, 1.82) is 0 Å². The molecular formula is C17H25ClN4O5. The molecule has 2 heterocycles. The minimum Gasteiger partial charge on any atom is -0.481 e. The summed E-state index contributed by atoms with van der Waals surface area (Å²) in [7, 11) is 2.96. The van der Waals surface area contributed by atoms with Crippen LogP contribution < -0.4 is 15.8 Å². The number of nitrogens with two attached hydrogens (primary N) is 1. The summed E-state index contributed by atoms with van der Waals surface area (Å²) in [5.41, 5.74) is 5.84. The first-order valence-electron chi connectivity index (χ1n) is 8.55. The van der Waals surface area contributed by atoms with Gasteiger partial charge in [-0.2, -0.15) is 4.98 Å². The Morgan fingerprint density at radius 1 is 1.52 bits per heavy atom. The molecule has 0 aliphatic carbocycles. The summed E-state index contributed by atoms with van der Waals surface area (Å²) in [4.78, 5) is 29.7. The number of rotatable bonds is 7. The number of ether oxygens (including phenoxy) is 2. The molecule has 0 saturated carbocycles. The summed E-state index contributed by atoms with van der Waals surface area (Å²) in [5.74, 6) is -1.52. The number of methoxy groups -OCH3 is 2. The van der Waals surface area contributed by atoms with E-state index >= 15 is 0 Å². The van der Waals surface area contributed by atoms with Crippen LogP contribution in [-0.4, -0.2) is 72.9 Å². The molecule has 0 aromatic carbocycles. The van der Waals surface area contributed by atoms with Gasteiger partial charge in [-0.05, 0) is 12.5 Å². The van der Waals surface area contributed by atoms with Gasteiger partial charge in [-0.25, -0.2) is 0 Å². The Morgan fingerprint density at radius 2 is 2.22 bits per heavy atom. The minimum absolute atomic E-state index is 0.0840. The maximum absolute atomic E-state index is 12.7. The Morgan fingerprint density at radius 3 is 2.81 bits per heavy atom. The number of carbonyl (C=O) groups excluding carboxylic acids is 1. The molecule has 3 unspecified atom stereocenters. The minimum atomic E-state index is -0.834. The molecule has 4 N–H and O–H groups in total. The van der Waals surface area contributed by atoms with Gasteiger partial charge in [0.25, 0.3) is 5.91 Å². The van der Waals surface area contributed by atoms with E-state index in [0.717, 1.165) is 0 Å². The van der Waals surface area contributed by atoms with Crippen LogP contribution >= 0.6 is 11.6 Å². The summed E-state index contributed by atoms with van der Waals surface area (Å²) in [6, 6.07) is 1.18. The monoisotopic (exact) mass is 400 g/mol. The summed E-state index contributed by atoms with van der Waals surface area (Å²) in [5, 5.41) is 12.2. The zero-order valence-electron chi connectivity index (χ0n) is 15.6. The van der Waals surface area contributed by atoms with Crippen molar-refractivity contribution in [2.75, 3.05) is 39.6 Å². The number of nitrogens with zero attached hydrogens (tertiary/aromatic N) is 2. The van der Waals surface area contributed by atoms with Gasteiger partial charge in [-0.1, -0.05) is 18.5 Å². The van der Waals surface area contributed by atoms with Crippen molar-refractivity contribution in [3.63, 3.8) is 0 Å². The largest absolute Gasteiger partial charge is 0.481 e. The molecular weight excluding hydrogens is 376 g/mol. The number of hydrogen-bond donors (Lipinski definition) is 3. The fraction of sp³-hybridized carbons (Fsp3) is 0.588. The smallest absolute Gasteiger partial charge is 0.307 e. The first-order valence-corrected chi connectivity index (χ1v) is 8.93. The van der Waals surface area contributed by atoms with Crippen LogP contribution in [-0.2, 0) is 9.53 Å². The molecule has 0 radical (unpaired) electrons. The van der Waals surface area contributed by atoms with Gasteiger partial charge >= 0.3 is 5.97 Å². The van der Waals surface area contributed by atoms with E-state index in [0.29, 0.717) is 26.1 Å². The average Bonchev–Trinajstić information content (AvgIpc) is 2.64. The van der Waals surface area contributed by atoms with Gasteiger partial charge in [-0.15, -0.1) is 0 Å². The number of amides is 1. The fourth-order valence-corrected chi connectivity index (χ4v) is 3.22. The number of carboxylic acid groups (broad SMARTS) is 1. The predicted molar refractivity (Wildman–Crippen MR) is 100 cm³/mol. The highest BCUT2D eigenvalue weighted by Crippen LogP contribution is 2.25. The van der Waals surface area contributed by atoms with E-state index in [1.807, 2.05) is 4.90 Å². The van der Waals surface area contributed by atoms with Crippen molar-refractivity contribution in [3.05, 3.63) is 16.7 Å². The quantitative estimate of drug-likeness (QED) is 0.615. The van der Waals surface area contributed by atoms with Crippen LogP contribution in [0.3, 0.4) is 0 Å². The van der Waals surface area contributed by atoms with Gasteiger partial charge in [0.05, 0.1) is 30.2 Å². The summed E-state index contributed by atoms with van der Waals surface area (Å²) < 4.78 is 10.6. The van der Waals surface area contributed by atoms with Crippen molar-refractivity contribution in [1.82, 2.24) is 15.2 Å². The van der Waals surface area contributed by atoms with E-state index in [4.69, 9.17) is 31.9 Å². The Labute approximate surface area is 162 Å². The van der Waals surface area contributed by atoms with Crippen molar-refractivity contribution >= 4 is 29.3 Å². The molecule has 1 aliphatic heterocycles. The Bertz CT molecular complexity index is 702. The van der Waals surface area contributed by atoms with Crippen LogP contribution in [0.15, 0.2) is 6.07 Å². The second-order valence-corrected chi connectivity index (χ2v) is 6.96. The topological polar surface area (TPSA) is 127 Å². The van der Waals surface area contributed by atoms with E-state index in [2.05, 4.69) is 10.3 Å². The highest BCUT2D eigenvalue weighted by molar-refractivity contribution is 6.33. The second kappa shape index (κ2) is 9.20. The maximum Gasteiger partial charge on any atom is 0.307 e. The average molecular weight is 401 g/mol. The number of nitrogens with one attached hydrogen (secondary N) is 1. The van der Waals surface area contributed by atoms with Crippen LogP contribution in [0, 0.1) is 5.92 Å². The van der Waals surface area contributed by atoms with E-state index in [1.54, 1.807) is 14.0 Å². The third-order valence-corrected chi connectivity index (χ3v) is 4.92. The summed E-state index contributed by atoms with van der Waals surface area (Å²) in [6.07, 6.45) is 0.349. The lowest BCUT2D eigenvalue weighted by atomic mass is 9.99. The molecule has 10 heteroatoms. The summed E-state index contributed by atoms with van der Waals surface area (Å²) in [6.45, 7) is 3.28. The van der Waals surface area contributed by atoms with Gasteiger partial charge < -0.3 is 25.6 Å². The lowest BCUT2D eigenvalue weighted by Crippen LogP contribution is -2.55. The molecule has 1 amide bonds. The molecule has 1 saturated heterocycles. The van der Waals surface area contributed by atoms with Crippen LogP contribution in [0.2, 0.25) is 5.02 Å².